The number of nitrogens with two attached hydrogens (primary N) is 1. The van der Waals surface area contributed by atoms with Gasteiger partial charge in [-0.1, -0.05) is 12.8 Å². The smallest absolute Gasteiger partial charge is 0.248 e. The monoisotopic (exact) mass is 268 g/mol. The molecule has 0 spiro atoms. The summed E-state index contributed by atoms with van der Waals surface area (Å²) in [5, 5.41) is 0. The maximum Gasteiger partial charge on any atom is 0.248 e. The van der Waals surface area contributed by atoms with Crippen LogP contribution in [0, 0.1) is 5.92 Å². The minimum Gasteiger partial charge on any atom is -0.369 e. The van der Waals surface area contributed by atoms with E-state index < -0.39 is 0 Å². The lowest BCUT2D eigenvalue weighted by atomic mass is 9.93. The van der Waals surface area contributed by atoms with Crippen molar-refractivity contribution < 1.29 is 14.3 Å². The van der Waals surface area contributed by atoms with E-state index in [9.17, 15) is 9.59 Å². The van der Waals surface area contributed by atoms with Crippen LogP contribution in [0.25, 0.3) is 0 Å². The van der Waals surface area contributed by atoms with E-state index in [-0.39, 0.29) is 36.5 Å². The van der Waals surface area contributed by atoms with E-state index in [0.717, 1.165) is 25.7 Å². The molecular formula is C14H24N2O3. The Balaban J connectivity index is 1.83. The highest BCUT2D eigenvalue weighted by Crippen LogP contribution is 2.23. The zero-order valence-corrected chi connectivity index (χ0v) is 11.6. The number of likely N-dealkylation sites (tertiary alicyclic amines) is 1. The van der Waals surface area contributed by atoms with Crippen LogP contribution in [0.4, 0.5) is 0 Å². The third-order valence-electron chi connectivity index (χ3n) is 4.35. The van der Waals surface area contributed by atoms with E-state index in [4.69, 9.17) is 10.5 Å². The molecule has 5 heteroatoms. The van der Waals surface area contributed by atoms with Crippen molar-refractivity contribution >= 4 is 11.8 Å². The SMILES string of the molecule is C[C@@H]1CC[C@H](C(N)=O)CN1C(=O)COC1CCCC1. The van der Waals surface area contributed by atoms with Crippen LogP contribution < -0.4 is 5.73 Å². The van der Waals surface area contributed by atoms with E-state index in [0.29, 0.717) is 6.54 Å². The Kier molecular flexibility index (Phi) is 4.80. The van der Waals surface area contributed by atoms with Crippen molar-refractivity contribution in [3.8, 4) is 0 Å². The lowest BCUT2D eigenvalue weighted by Crippen LogP contribution is -2.49. The summed E-state index contributed by atoms with van der Waals surface area (Å²) in [6, 6.07) is 0.176. The van der Waals surface area contributed by atoms with Crippen molar-refractivity contribution in [1.29, 1.82) is 0 Å². The Bertz CT molecular complexity index is 340. The van der Waals surface area contributed by atoms with Gasteiger partial charge in [0.25, 0.3) is 0 Å². The first-order chi connectivity index (χ1) is 9.08. The van der Waals surface area contributed by atoms with Gasteiger partial charge in [0.15, 0.2) is 0 Å². The van der Waals surface area contributed by atoms with Crippen molar-refractivity contribution in [3.05, 3.63) is 0 Å². The molecule has 1 aliphatic heterocycles. The van der Waals surface area contributed by atoms with E-state index in [1.807, 2.05) is 6.92 Å². The fourth-order valence-corrected chi connectivity index (χ4v) is 3.01. The minimum absolute atomic E-state index is 0.00894. The molecule has 0 aromatic carbocycles. The molecule has 0 radical (unpaired) electrons. The van der Waals surface area contributed by atoms with Crippen LogP contribution in [-0.2, 0) is 14.3 Å². The predicted octanol–water partition coefficient (Wildman–Crippen LogP) is 1.06. The quantitative estimate of drug-likeness (QED) is 0.828. The number of carbonyl (C=O) groups excluding carboxylic acids is 2. The van der Waals surface area contributed by atoms with Gasteiger partial charge in [-0.15, -0.1) is 0 Å². The Hall–Kier alpha value is -1.10. The molecule has 1 aliphatic carbocycles. The topological polar surface area (TPSA) is 72.6 Å². The molecule has 1 heterocycles. The number of rotatable bonds is 4. The van der Waals surface area contributed by atoms with Gasteiger partial charge in [0.1, 0.15) is 6.61 Å². The standard InChI is InChI=1S/C14H24N2O3/c1-10-6-7-11(14(15)18)8-16(10)13(17)9-19-12-4-2-3-5-12/h10-12H,2-9H2,1H3,(H2,15,18)/t10-,11+/m1/s1. The van der Waals surface area contributed by atoms with Crippen LogP contribution >= 0.6 is 0 Å². The van der Waals surface area contributed by atoms with Gasteiger partial charge in [-0.25, -0.2) is 0 Å². The Labute approximate surface area is 114 Å². The molecule has 0 unspecified atom stereocenters. The average molecular weight is 268 g/mol. The third-order valence-corrected chi connectivity index (χ3v) is 4.35. The summed E-state index contributed by atoms with van der Waals surface area (Å²) in [5.41, 5.74) is 5.34. The van der Waals surface area contributed by atoms with Crippen LogP contribution in [-0.4, -0.2) is 42.0 Å². The largest absolute Gasteiger partial charge is 0.369 e. The molecule has 2 rings (SSSR count). The third kappa shape index (κ3) is 3.69. The molecule has 1 saturated carbocycles. The predicted molar refractivity (Wildman–Crippen MR) is 71.3 cm³/mol. The Morgan fingerprint density at radius 1 is 1.21 bits per heavy atom. The fourth-order valence-electron chi connectivity index (χ4n) is 3.01. The molecule has 2 atom stereocenters. The maximum atomic E-state index is 12.2. The molecule has 2 fully saturated rings. The number of amides is 2. The number of hydrogen-bond acceptors (Lipinski definition) is 3. The van der Waals surface area contributed by atoms with Crippen molar-refractivity contribution in [3.63, 3.8) is 0 Å². The molecule has 108 valence electrons. The Morgan fingerprint density at radius 2 is 1.89 bits per heavy atom. The van der Waals surface area contributed by atoms with Crippen LogP contribution in [0.5, 0.6) is 0 Å². The summed E-state index contributed by atoms with van der Waals surface area (Å²) in [4.78, 5) is 25.2. The van der Waals surface area contributed by atoms with Gasteiger partial charge in [0, 0.05) is 12.6 Å². The molecule has 1 saturated heterocycles. The van der Waals surface area contributed by atoms with Gasteiger partial charge < -0.3 is 15.4 Å². The number of carbonyl (C=O) groups is 2. The molecule has 0 aromatic heterocycles. The summed E-state index contributed by atoms with van der Waals surface area (Å²) in [6.07, 6.45) is 6.38. The second kappa shape index (κ2) is 6.37. The average Bonchev–Trinajstić information content (AvgIpc) is 2.89. The van der Waals surface area contributed by atoms with Crippen molar-refractivity contribution in [2.45, 2.75) is 57.6 Å². The van der Waals surface area contributed by atoms with Gasteiger partial charge in [-0.05, 0) is 32.6 Å². The molecule has 2 aliphatic rings. The van der Waals surface area contributed by atoms with E-state index in [1.54, 1.807) is 4.90 Å². The van der Waals surface area contributed by atoms with Crippen molar-refractivity contribution in [2.75, 3.05) is 13.2 Å². The Morgan fingerprint density at radius 3 is 2.53 bits per heavy atom. The first kappa shape index (κ1) is 14.3. The number of primary amides is 1. The van der Waals surface area contributed by atoms with Gasteiger partial charge in [0.05, 0.1) is 12.0 Å². The van der Waals surface area contributed by atoms with Crippen LogP contribution in [0.1, 0.15) is 45.4 Å². The van der Waals surface area contributed by atoms with Crippen LogP contribution in [0.2, 0.25) is 0 Å². The molecule has 5 nitrogen and oxygen atoms in total. The van der Waals surface area contributed by atoms with E-state index >= 15 is 0 Å². The number of nitrogens with zero attached hydrogens (tertiary/aromatic N) is 1. The van der Waals surface area contributed by atoms with Gasteiger partial charge in [-0.3, -0.25) is 9.59 Å². The number of ether oxygens (including phenoxy) is 1. The van der Waals surface area contributed by atoms with Crippen LogP contribution in [0.3, 0.4) is 0 Å². The summed E-state index contributed by atoms with van der Waals surface area (Å²) in [7, 11) is 0. The molecule has 19 heavy (non-hydrogen) atoms. The molecule has 2 N–H and O–H groups in total. The highest BCUT2D eigenvalue weighted by Gasteiger charge is 2.31. The van der Waals surface area contributed by atoms with E-state index in [1.165, 1.54) is 12.8 Å². The zero-order chi connectivity index (χ0) is 13.8. The summed E-state index contributed by atoms with van der Waals surface area (Å²) in [5.74, 6) is -0.515. The summed E-state index contributed by atoms with van der Waals surface area (Å²) in [6.45, 7) is 2.61. The van der Waals surface area contributed by atoms with Crippen molar-refractivity contribution in [2.24, 2.45) is 11.7 Å². The highest BCUT2D eigenvalue weighted by molar-refractivity contribution is 5.81. The second-order valence-corrected chi connectivity index (χ2v) is 5.79. The molecule has 0 aromatic rings. The second-order valence-electron chi connectivity index (χ2n) is 5.79. The fraction of sp³-hybridized carbons (Fsp3) is 0.857. The van der Waals surface area contributed by atoms with Crippen LogP contribution in [0.15, 0.2) is 0 Å². The number of piperidine rings is 1. The van der Waals surface area contributed by atoms with Gasteiger partial charge in [-0.2, -0.15) is 0 Å². The number of hydrogen-bond donors (Lipinski definition) is 1. The highest BCUT2D eigenvalue weighted by atomic mass is 16.5. The summed E-state index contributed by atoms with van der Waals surface area (Å²) < 4.78 is 5.65. The maximum absolute atomic E-state index is 12.2. The lowest BCUT2D eigenvalue weighted by molar-refractivity contribution is -0.143. The first-order valence-electron chi connectivity index (χ1n) is 7.28. The van der Waals surface area contributed by atoms with Gasteiger partial charge in [0.2, 0.25) is 11.8 Å². The zero-order valence-electron chi connectivity index (χ0n) is 11.6. The van der Waals surface area contributed by atoms with Gasteiger partial charge >= 0.3 is 0 Å². The molecule has 2 amide bonds. The molecular weight excluding hydrogens is 244 g/mol. The minimum atomic E-state index is -0.304. The summed E-state index contributed by atoms with van der Waals surface area (Å²) >= 11 is 0. The molecule has 0 bridgehead atoms. The normalized spacial score (nSPS) is 28.6. The first-order valence-corrected chi connectivity index (χ1v) is 7.28. The lowest BCUT2D eigenvalue weighted by Gasteiger charge is -2.37. The van der Waals surface area contributed by atoms with Crippen molar-refractivity contribution in [1.82, 2.24) is 4.90 Å². The van der Waals surface area contributed by atoms with E-state index in [2.05, 4.69) is 0 Å².